The van der Waals surface area contributed by atoms with E-state index in [0.717, 1.165) is 9.75 Å². The molecule has 3 aromatic rings. The van der Waals surface area contributed by atoms with Crippen molar-refractivity contribution >= 4 is 17.2 Å². The Labute approximate surface area is 169 Å². The summed E-state index contributed by atoms with van der Waals surface area (Å²) in [4.78, 5) is 13.8. The number of aliphatic hydroxyl groups is 1. The van der Waals surface area contributed by atoms with Crippen molar-refractivity contribution in [3.05, 3.63) is 75.9 Å². The van der Waals surface area contributed by atoms with Crippen molar-refractivity contribution in [1.82, 2.24) is 5.32 Å². The molecule has 0 spiro atoms. The standard InChI is InChI=1S/C22H25NO4S/c1-22(2,3)15-6-8-16(9-7-15)27-14-20(24)23-13-17-10-11-19(28-17)21(25)18-5-4-12-26-18/h4-12,21,25H,13-14H2,1-3H3,(H,23,24). The van der Waals surface area contributed by atoms with Gasteiger partial charge in [-0.15, -0.1) is 11.3 Å². The number of carbonyl (C=O) groups excluding carboxylic acids is 1. The van der Waals surface area contributed by atoms with Crippen LogP contribution in [0.3, 0.4) is 0 Å². The summed E-state index contributed by atoms with van der Waals surface area (Å²) >= 11 is 1.43. The van der Waals surface area contributed by atoms with Crippen LogP contribution >= 0.6 is 11.3 Å². The number of ether oxygens (including phenoxy) is 1. The van der Waals surface area contributed by atoms with Crippen molar-refractivity contribution in [3.8, 4) is 5.75 Å². The maximum atomic E-state index is 12.0. The molecule has 0 fully saturated rings. The van der Waals surface area contributed by atoms with Crippen LogP contribution in [0.5, 0.6) is 5.75 Å². The Morgan fingerprint density at radius 2 is 1.93 bits per heavy atom. The number of hydrogen-bond donors (Lipinski definition) is 2. The lowest BCUT2D eigenvalue weighted by molar-refractivity contribution is -0.123. The lowest BCUT2D eigenvalue weighted by Crippen LogP contribution is -2.28. The SMILES string of the molecule is CC(C)(C)c1ccc(OCC(=O)NCc2ccc(C(O)c3ccco3)s2)cc1. The van der Waals surface area contributed by atoms with Gasteiger partial charge in [0.25, 0.3) is 5.91 Å². The smallest absolute Gasteiger partial charge is 0.258 e. The number of aliphatic hydroxyl groups excluding tert-OH is 1. The molecule has 1 atom stereocenters. The van der Waals surface area contributed by atoms with Crippen LogP contribution in [0.4, 0.5) is 0 Å². The quantitative estimate of drug-likeness (QED) is 0.617. The van der Waals surface area contributed by atoms with Crippen LogP contribution in [0, 0.1) is 0 Å². The van der Waals surface area contributed by atoms with Gasteiger partial charge in [0, 0.05) is 9.75 Å². The molecule has 2 aromatic heterocycles. The lowest BCUT2D eigenvalue weighted by Gasteiger charge is -2.19. The number of amides is 1. The first-order valence-corrected chi connectivity index (χ1v) is 9.95. The van der Waals surface area contributed by atoms with Crippen molar-refractivity contribution in [2.75, 3.05) is 6.61 Å². The third-order valence-corrected chi connectivity index (χ3v) is 5.45. The third kappa shape index (κ3) is 5.24. The van der Waals surface area contributed by atoms with Gasteiger partial charge < -0.3 is 19.6 Å². The van der Waals surface area contributed by atoms with Crippen LogP contribution in [0.1, 0.15) is 48.0 Å². The zero-order valence-electron chi connectivity index (χ0n) is 16.3. The molecule has 6 heteroatoms. The van der Waals surface area contributed by atoms with Crippen molar-refractivity contribution < 1.29 is 19.1 Å². The molecule has 148 valence electrons. The van der Waals surface area contributed by atoms with Gasteiger partial charge in [-0.3, -0.25) is 4.79 Å². The summed E-state index contributed by atoms with van der Waals surface area (Å²) in [6.07, 6.45) is 0.744. The van der Waals surface area contributed by atoms with E-state index >= 15 is 0 Å². The summed E-state index contributed by atoms with van der Waals surface area (Å²) in [6.45, 7) is 6.81. The Bertz CT molecular complexity index is 892. The van der Waals surface area contributed by atoms with E-state index in [1.54, 1.807) is 12.1 Å². The van der Waals surface area contributed by atoms with E-state index in [4.69, 9.17) is 9.15 Å². The molecule has 1 unspecified atom stereocenters. The minimum Gasteiger partial charge on any atom is -0.484 e. The van der Waals surface area contributed by atoms with Gasteiger partial charge in [0.05, 0.1) is 12.8 Å². The van der Waals surface area contributed by atoms with E-state index in [0.29, 0.717) is 18.1 Å². The summed E-state index contributed by atoms with van der Waals surface area (Å²) in [5.41, 5.74) is 1.30. The van der Waals surface area contributed by atoms with Crippen molar-refractivity contribution in [3.63, 3.8) is 0 Å². The van der Waals surface area contributed by atoms with Crippen LogP contribution in [0.25, 0.3) is 0 Å². The second-order valence-corrected chi connectivity index (χ2v) is 8.76. The Balaban J connectivity index is 1.46. The predicted octanol–water partition coefficient (Wildman–Crippen LogP) is 4.42. The Morgan fingerprint density at radius 1 is 1.18 bits per heavy atom. The topological polar surface area (TPSA) is 71.7 Å². The van der Waals surface area contributed by atoms with Crippen LogP contribution in [-0.2, 0) is 16.8 Å². The van der Waals surface area contributed by atoms with Gasteiger partial charge in [-0.1, -0.05) is 32.9 Å². The molecule has 5 nitrogen and oxygen atoms in total. The number of nitrogens with one attached hydrogen (secondary N) is 1. The van der Waals surface area contributed by atoms with Crippen LogP contribution < -0.4 is 10.1 Å². The maximum Gasteiger partial charge on any atom is 0.258 e. The predicted molar refractivity (Wildman–Crippen MR) is 110 cm³/mol. The number of thiophene rings is 1. The van der Waals surface area contributed by atoms with Gasteiger partial charge in [-0.05, 0) is 47.4 Å². The summed E-state index contributed by atoms with van der Waals surface area (Å²) < 4.78 is 10.8. The second-order valence-electron chi connectivity index (χ2n) is 7.56. The van der Waals surface area contributed by atoms with E-state index in [1.165, 1.54) is 23.2 Å². The Kier molecular flexibility index (Phi) is 6.21. The van der Waals surface area contributed by atoms with E-state index in [2.05, 4.69) is 26.1 Å². The zero-order chi connectivity index (χ0) is 20.1. The van der Waals surface area contributed by atoms with Gasteiger partial charge in [0.15, 0.2) is 6.61 Å². The normalized spacial score (nSPS) is 12.6. The molecule has 0 saturated heterocycles. The van der Waals surface area contributed by atoms with Crippen LogP contribution in [-0.4, -0.2) is 17.6 Å². The molecule has 0 radical (unpaired) electrons. The van der Waals surface area contributed by atoms with E-state index in [-0.39, 0.29) is 17.9 Å². The Morgan fingerprint density at radius 3 is 2.57 bits per heavy atom. The van der Waals surface area contributed by atoms with Crippen LogP contribution in [0.2, 0.25) is 0 Å². The monoisotopic (exact) mass is 399 g/mol. The molecule has 1 amide bonds. The molecule has 2 heterocycles. The van der Waals surface area contributed by atoms with Crippen molar-refractivity contribution in [2.45, 2.75) is 38.8 Å². The van der Waals surface area contributed by atoms with Gasteiger partial charge in [0.1, 0.15) is 17.6 Å². The second kappa shape index (κ2) is 8.63. The minimum absolute atomic E-state index is 0.0396. The number of benzene rings is 1. The van der Waals surface area contributed by atoms with Crippen molar-refractivity contribution in [2.24, 2.45) is 0 Å². The first kappa shape index (κ1) is 20.2. The highest BCUT2D eigenvalue weighted by atomic mass is 32.1. The van der Waals surface area contributed by atoms with Gasteiger partial charge in [0.2, 0.25) is 0 Å². The first-order chi connectivity index (χ1) is 13.3. The lowest BCUT2D eigenvalue weighted by atomic mass is 9.87. The molecule has 1 aromatic carbocycles. The van der Waals surface area contributed by atoms with Crippen LogP contribution in [0.15, 0.2) is 59.2 Å². The summed E-state index contributed by atoms with van der Waals surface area (Å²) in [5.74, 6) is 0.980. The number of furan rings is 1. The summed E-state index contributed by atoms with van der Waals surface area (Å²) in [6, 6.07) is 15.0. The highest BCUT2D eigenvalue weighted by Gasteiger charge is 2.16. The summed E-state index contributed by atoms with van der Waals surface area (Å²) in [5, 5.41) is 13.1. The van der Waals surface area contributed by atoms with E-state index in [9.17, 15) is 9.90 Å². The van der Waals surface area contributed by atoms with E-state index in [1.807, 2.05) is 36.4 Å². The largest absolute Gasteiger partial charge is 0.484 e. The average molecular weight is 400 g/mol. The minimum atomic E-state index is -0.788. The van der Waals surface area contributed by atoms with Gasteiger partial charge in [-0.25, -0.2) is 0 Å². The number of hydrogen-bond acceptors (Lipinski definition) is 5. The molecule has 0 bridgehead atoms. The first-order valence-electron chi connectivity index (χ1n) is 9.13. The van der Waals surface area contributed by atoms with E-state index < -0.39 is 6.10 Å². The molecular weight excluding hydrogens is 374 g/mol. The van der Waals surface area contributed by atoms with Crippen molar-refractivity contribution in [1.29, 1.82) is 0 Å². The highest BCUT2D eigenvalue weighted by molar-refractivity contribution is 7.12. The molecule has 0 aliphatic rings. The molecular formula is C22H25NO4S. The fraction of sp³-hybridized carbons (Fsp3) is 0.318. The fourth-order valence-electron chi connectivity index (χ4n) is 2.66. The average Bonchev–Trinajstić information content (AvgIpc) is 3.35. The summed E-state index contributed by atoms with van der Waals surface area (Å²) in [7, 11) is 0. The molecule has 0 aliphatic carbocycles. The highest BCUT2D eigenvalue weighted by Crippen LogP contribution is 2.28. The maximum absolute atomic E-state index is 12.0. The third-order valence-electron chi connectivity index (χ3n) is 4.31. The molecule has 28 heavy (non-hydrogen) atoms. The molecule has 2 N–H and O–H groups in total. The molecule has 0 saturated carbocycles. The number of carbonyl (C=O) groups is 1. The number of rotatable bonds is 7. The Hall–Kier alpha value is -2.57. The van der Waals surface area contributed by atoms with Gasteiger partial charge >= 0.3 is 0 Å². The van der Waals surface area contributed by atoms with Gasteiger partial charge in [-0.2, -0.15) is 0 Å². The molecule has 3 rings (SSSR count). The fourth-order valence-corrected chi connectivity index (χ4v) is 3.61. The molecule has 0 aliphatic heterocycles. The zero-order valence-corrected chi connectivity index (χ0v) is 17.1.